The Morgan fingerprint density at radius 2 is 1.94 bits per heavy atom. The summed E-state index contributed by atoms with van der Waals surface area (Å²) >= 11 is 0. The molecule has 0 aromatic heterocycles. The molecule has 0 amide bonds. The lowest BCUT2D eigenvalue weighted by Crippen LogP contribution is -2.53. The zero-order valence-electron chi connectivity index (χ0n) is 12.1. The van der Waals surface area contributed by atoms with Crippen molar-refractivity contribution < 1.29 is 5.11 Å². The van der Waals surface area contributed by atoms with Crippen molar-refractivity contribution in [3.8, 4) is 0 Å². The minimum Gasteiger partial charge on any atom is -0.393 e. The van der Waals surface area contributed by atoms with E-state index in [1.807, 2.05) is 6.92 Å². The molecule has 0 radical (unpaired) electrons. The molecule has 2 bridgehead atoms. The zero-order valence-corrected chi connectivity index (χ0v) is 12.1. The smallest absolute Gasteiger partial charge is 0.0526 e. The SMILES string of the molecule is CC(O)CC(C)NC1C2(C)CCC(C2)C1(C)C. The number of hydrogen-bond donors (Lipinski definition) is 2. The summed E-state index contributed by atoms with van der Waals surface area (Å²) in [6.45, 7) is 11.4. The molecule has 2 nitrogen and oxygen atoms in total. The van der Waals surface area contributed by atoms with E-state index in [0.29, 0.717) is 22.9 Å². The molecular formula is C15H29NO. The number of nitrogens with one attached hydrogen (secondary N) is 1. The van der Waals surface area contributed by atoms with E-state index in [1.54, 1.807) is 0 Å². The van der Waals surface area contributed by atoms with Crippen LogP contribution in [0.15, 0.2) is 0 Å². The summed E-state index contributed by atoms with van der Waals surface area (Å²) in [7, 11) is 0. The zero-order chi connectivity index (χ0) is 12.8. The maximum Gasteiger partial charge on any atom is 0.0526 e. The van der Waals surface area contributed by atoms with E-state index >= 15 is 0 Å². The minimum atomic E-state index is -0.202. The lowest BCUT2D eigenvalue weighted by molar-refractivity contribution is 0.0887. The largest absolute Gasteiger partial charge is 0.393 e. The Balaban J connectivity index is 2.05. The Labute approximate surface area is 106 Å². The van der Waals surface area contributed by atoms with Crippen molar-refractivity contribution in [2.45, 2.75) is 78.5 Å². The van der Waals surface area contributed by atoms with Gasteiger partial charge in [-0.2, -0.15) is 0 Å². The first-order valence-electron chi connectivity index (χ1n) is 7.20. The van der Waals surface area contributed by atoms with Gasteiger partial charge in [-0.25, -0.2) is 0 Å². The van der Waals surface area contributed by atoms with Gasteiger partial charge in [0.2, 0.25) is 0 Å². The van der Waals surface area contributed by atoms with Crippen LogP contribution in [0, 0.1) is 16.7 Å². The van der Waals surface area contributed by atoms with Gasteiger partial charge in [0.15, 0.2) is 0 Å². The fourth-order valence-electron chi connectivity index (χ4n) is 4.58. The molecule has 5 atom stereocenters. The second-order valence-corrected chi connectivity index (χ2v) is 7.50. The Bertz CT molecular complexity index is 282. The third-order valence-electron chi connectivity index (χ3n) is 5.42. The number of fused-ring (bicyclic) bond motifs is 2. The van der Waals surface area contributed by atoms with Gasteiger partial charge in [0.05, 0.1) is 6.10 Å². The van der Waals surface area contributed by atoms with Gasteiger partial charge in [-0.1, -0.05) is 20.8 Å². The highest BCUT2D eigenvalue weighted by Gasteiger charge is 2.59. The van der Waals surface area contributed by atoms with E-state index in [9.17, 15) is 5.11 Å². The van der Waals surface area contributed by atoms with Crippen molar-refractivity contribution in [1.82, 2.24) is 5.32 Å². The normalized spacial score (nSPS) is 42.7. The fourth-order valence-corrected chi connectivity index (χ4v) is 4.58. The van der Waals surface area contributed by atoms with Crippen molar-refractivity contribution >= 4 is 0 Å². The van der Waals surface area contributed by atoms with E-state index < -0.39 is 0 Å². The summed E-state index contributed by atoms with van der Waals surface area (Å²) in [6.07, 6.45) is 4.82. The minimum absolute atomic E-state index is 0.202. The first kappa shape index (κ1) is 13.4. The van der Waals surface area contributed by atoms with Gasteiger partial charge in [0.25, 0.3) is 0 Å². The van der Waals surface area contributed by atoms with Crippen molar-refractivity contribution in [1.29, 1.82) is 0 Å². The molecule has 2 N–H and O–H groups in total. The van der Waals surface area contributed by atoms with Crippen LogP contribution < -0.4 is 5.32 Å². The Kier molecular flexibility index (Phi) is 3.33. The molecule has 0 aliphatic heterocycles. The lowest BCUT2D eigenvalue weighted by Gasteiger charge is -2.44. The summed E-state index contributed by atoms with van der Waals surface area (Å²) in [5, 5.41) is 13.3. The monoisotopic (exact) mass is 239 g/mol. The van der Waals surface area contributed by atoms with Crippen LogP contribution in [0.5, 0.6) is 0 Å². The summed E-state index contributed by atoms with van der Waals surface area (Å²) in [5.74, 6) is 0.892. The van der Waals surface area contributed by atoms with Gasteiger partial charge in [-0.05, 0) is 56.3 Å². The summed E-state index contributed by atoms with van der Waals surface area (Å²) in [4.78, 5) is 0. The molecular weight excluding hydrogens is 210 g/mol. The number of rotatable bonds is 4. The predicted octanol–water partition coefficient (Wildman–Crippen LogP) is 2.95. The topological polar surface area (TPSA) is 32.3 Å². The standard InChI is InChI=1S/C15H29NO/c1-10(8-11(2)17)16-13-14(3,4)12-6-7-15(13,5)9-12/h10-13,16-17H,6-9H2,1-5H3. The Morgan fingerprint density at radius 3 is 2.41 bits per heavy atom. The van der Waals surface area contributed by atoms with Gasteiger partial charge in [0, 0.05) is 12.1 Å². The van der Waals surface area contributed by atoms with Crippen LogP contribution >= 0.6 is 0 Å². The third-order valence-corrected chi connectivity index (χ3v) is 5.42. The average molecular weight is 239 g/mol. The van der Waals surface area contributed by atoms with Gasteiger partial charge in [-0.3, -0.25) is 0 Å². The van der Waals surface area contributed by atoms with Gasteiger partial charge in [-0.15, -0.1) is 0 Å². The summed E-state index contributed by atoms with van der Waals surface area (Å²) in [6, 6.07) is 1.03. The molecule has 0 spiro atoms. The maximum atomic E-state index is 9.48. The molecule has 100 valence electrons. The molecule has 0 aromatic rings. The van der Waals surface area contributed by atoms with Crippen LogP contribution in [0.2, 0.25) is 0 Å². The average Bonchev–Trinajstić information content (AvgIpc) is 2.63. The molecule has 0 aromatic carbocycles. The number of hydrogen-bond acceptors (Lipinski definition) is 2. The van der Waals surface area contributed by atoms with E-state index in [4.69, 9.17) is 0 Å². The molecule has 0 saturated heterocycles. The molecule has 0 heterocycles. The molecule has 2 aliphatic carbocycles. The molecule has 2 heteroatoms. The van der Waals surface area contributed by atoms with E-state index in [-0.39, 0.29) is 6.10 Å². The van der Waals surface area contributed by atoms with Crippen LogP contribution in [0.1, 0.15) is 60.3 Å². The molecule has 2 aliphatic rings. The van der Waals surface area contributed by atoms with Gasteiger partial charge < -0.3 is 10.4 Å². The van der Waals surface area contributed by atoms with E-state index in [1.165, 1.54) is 19.3 Å². The van der Waals surface area contributed by atoms with Crippen molar-refractivity contribution in [2.75, 3.05) is 0 Å². The molecule has 2 rings (SSSR count). The highest BCUT2D eigenvalue weighted by Crippen LogP contribution is 2.62. The van der Waals surface area contributed by atoms with Crippen LogP contribution in [0.4, 0.5) is 0 Å². The second kappa shape index (κ2) is 4.24. The fraction of sp³-hybridized carbons (Fsp3) is 1.00. The van der Waals surface area contributed by atoms with Crippen LogP contribution in [0.25, 0.3) is 0 Å². The highest BCUT2D eigenvalue weighted by molar-refractivity contribution is 5.12. The molecule has 2 fully saturated rings. The molecule has 5 unspecified atom stereocenters. The van der Waals surface area contributed by atoms with Crippen molar-refractivity contribution in [2.24, 2.45) is 16.7 Å². The number of aliphatic hydroxyl groups excluding tert-OH is 1. The first-order chi connectivity index (χ1) is 7.75. The van der Waals surface area contributed by atoms with E-state index in [2.05, 4.69) is 33.0 Å². The van der Waals surface area contributed by atoms with Crippen LogP contribution in [-0.4, -0.2) is 23.3 Å². The number of aliphatic hydroxyl groups is 1. The highest BCUT2D eigenvalue weighted by atomic mass is 16.3. The molecule has 17 heavy (non-hydrogen) atoms. The Hall–Kier alpha value is -0.0800. The quantitative estimate of drug-likeness (QED) is 0.790. The van der Waals surface area contributed by atoms with Crippen molar-refractivity contribution in [3.05, 3.63) is 0 Å². The first-order valence-corrected chi connectivity index (χ1v) is 7.20. The summed E-state index contributed by atoms with van der Waals surface area (Å²) < 4.78 is 0. The van der Waals surface area contributed by atoms with Crippen molar-refractivity contribution in [3.63, 3.8) is 0 Å². The maximum absolute atomic E-state index is 9.48. The summed E-state index contributed by atoms with van der Waals surface area (Å²) in [5.41, 5.74) is 0.904. The van der Waals surface area contributed by atoms with Crippen LogP contribution in [-0.2, 0) is 0 Å². The van der Waals surface area contributed by atoms with Gasteiger partial charge >= 0.3 is 0 Å². The third kappa shape index (κ3) is 2.26. The van der Waals surface area contributed by atoms with E-state index in [0.717, 1.165) is 12.3 Å². The van der Waals surface area contributed by atoms with Crippen LogP contribution in [0.3, 0.4) is 0 Å². The molecule has 2 saturated carbocycles. The predicted molar refractivity (Wildman–Crippen MR) is 71.9 cm³/mol. The second-order valence-electron chi connectivity index (χ2n) is 7.50. The van der Waals surface area contributed by atoms with Gasteiger partial charge in [0.1, 0.15) is 0 Å². The lowest BCUT2D eigenvalue weighted by atomic mass is 9.68. The Morgan fingerprint density at radius 1 is 1.29 bits per heavy atom.